The molecule has 0 aliphatic rings. The number of methoxy groups -OCH3 is 1. The average molecular weight is 260 g/mol. The van der Waals surface area contributed by atoms with Crippen molar-refractivity contribution >= 4 is 0 Å². The maximum atomic E-state index is 13.9. The van der Waals surface area contributed by atoms with E-state index < -0.39 is 11.9 Å². The van der Waals surface area contributed by atoms with E-state index in [1.165, 1.54) is 18.7 Å². The Labute approximate surface area is 112 Å². The third kappa shape index (κ3) is 2.76. The van der Waals surface area contributed by atoms with Crippen molar-refractivity contribution in [3.8, 4) is 5.75 Å². The minimum Gasteiger partial charge on any atom is -0.496 e. The Kier molecular flexibility index (Phi) is 4.17. The van der Waals surface area contributed by atoms with Crippen LogP contribution in [-0.4, -0.2) is 12.2 Å². The van der Waals surface area contributed by atoms with Crippen molar-refractivity contribution in [1.29, 1.82) is 0 Å². The molecule has 2 rings (SSSR count). The van der Waals surface area contributed by atoms with Gasteiger partial charge in [-0.1, -0.05) is 37.3 Å². The molecule has 0 saturated heterocycles. The highest BCUT2D eigenvalue weighted by molar-refractivity contribution is 5.41. The van der Waals surface area contributed by atoms with Crippen LogP contribution in [0, 0.1) is 5.82 Å². The van der Waals surface area contributed by atoms with E-state index in [0.717, 1.165) is 6.42 Å². The van der Waals surface area contributed by atoms with Crippen LogP contribution in [0.25, 0.3) is 0 Å². The Hall–Kier alpha value is -1.87. The molecule has 0 fully saturated rings. The normalized spacial score (nSPS) is 12.2. The van der Waals surface area contributed by atoms with E-state index in [1.807, 2.05) is 24.3 Å². The third-order valence-electron chi connectivity index (χ3n) is 3.21. The maximum absolute atomic E-state index is 13.9. The van der Waals surface area contributed by atoms with Gasteiger partial charge in [-0.3, -0.25) is 0 Å². The van der Waals surface area contributed by atoms with Crippen LogP contribution >= 0.6 is 0 Å². The highest BCUT2D eigenvalue weighted by atomic mass is 19.1. The van der Waals surface area contributed by atoms with E-state index >= 15 is 0 Å². The molecule has 0 spiro atoms. The lowest BCUT2D eigenvalue weighted by Gasteiger charge is -2.16. The SMILES string of the molecule is CCc1ccc(C(O)c2c(F)cccc2OC)cc1. The lowest BCUT2D eigenvalue weighted by molar-refractivity contribution is 0.209. The number of rotatable bonds is 4. The minimum absolute atomic E-state index is 0.175. The van der Waals surface area contributed by atoms with E-state index in [4.69, 9.17) is 4.74 Å². The van der Waals surface area contributed by atoms with Crippen molar-refractivity contribution < 1.29 is 14.2 Å². The van der Waals surface area contributed by atoms with E-state index in [2.05, 4.69) is 6.92 Å². The number of ether oxygens (including phenoxy) is 1. The van der Waals surface area contributed by atoms with Crippen LogP contribution < -0.4 is 4.74 Å². The summed E-state index contributed by atoms with van der Waals surface area (Å²) in [6.07, 6.45) is -0.0959. The summed E-state index contributed by atoms with van der Waals surface area (Å²) in [6.45, 7) is 2.06. The standard InChI is InChI=1S/C16H17FO2/c1-3-11-7-9-12(10-8-11)16(18)15-13(17)5-4-6-14(15)19-2/h4-10,16,18H,3H2,1-2H3. The Bertz CT molecular complexity index is 549. The highest BCUT2D eigenvalue weighted by Crippen LogP contribution is 2.32. The zero-order valence-electron chi connectivity index (χ0n) is 11.1. The molecular formula is C16H17FO2. The molecule has 2 nitrogen and oxygen atoms in total. The van der Waals surface area contributed by atoms with Gasteiger partial charge >= 0.3 is 0 Å². The average Bonchev–Trinajstić information content (AvgIpc) is 2.46. The van der Waals surface area contributed by atoms with Gasteiger partial charge in [0.25, 0.3) is 0 Å². The smallest absolute Gasteiger partial charge is 0.133 e. The number of aliphatic hydroxyl groups excluding tert-OH is 1. The Morgan fingerprint density at radius 2 is 1.84 bits per heavy atom. The molecule has 2 aromatic rings. The van der Waals surface area contributed by atoms with Crippen LogP contribution in [0.2, 0.25) is 0 Å². The molecule has 19 heavy (non-hydrogen) atoms. The quantitative estimate of drug-likeness (QED) is 0.912. The summed E-state index contributed by atoms with van der Waals surface area (Å²) in [6, 6.07) is 12.0. The zero-order chi connectivity index (χ0) is 13.8. The molecule has 1 atom stereocenters. The predicted molar refractivity (Wildman–Crippen MR) is 72.8 cm³/mol. The molecule has 0 saturated carbocycles. The Balaban J connectivity index is 2.40. The van der Waals surface area contributed by atoms with Gasteiger partial charge in [-0.15, -0.1) is 0 Å². The largest absolute Gasteiger partial charge is 0.496 e. The number of benzene rings is 2. The predicted octanol–water partition coefficient (Wildman–Crippen LogP) is 3.48. The number of aryl methyl sites for hydroxylation is 1. The van der Waals surface area contributed by atoms with Crippen molar-refractivity contribution in [2.24, 2.45) is 0 Å². The molecule has 1 N–H and O–H groups in total. The summed E-state index contributed by atoms with van der Waals surface area (Å²) in [5.41, 5.74) is 2.01. The number of hydrogen-bond acceptors (Lipinski definition) is 2. The fourth-order valence-corrected chi connectivity index (χ4v) is 2.06. The first-order valence-electron chi connectivity index (χ1n) is 6.26. The molecule has 1 unspecified atom stereocenters. The third-order valence-corrected chi connectivity index (χ3v) is 3.21. The molecule has 0 aliphatic heterocycles. The van der Waals surface area contributed by atoms with Gasteiger partial charge in [-0.05, 0) is 29.7 Å². The van der Waals surface area contributed by atoms with Gasteiger partial charge < -0.3 is 9.84 Å². The van der Waals surface area contributed by atoms with Crippen molar-refractivity contribution in [3.05, 3.63) is 65.0 Å². The van der Waals surface area contributed by atoms with Crippen molar-refractivity contribution in [1.82, 2.24) is 0 Å². The van der Waals surface area contributed by atoms with Gasteiger partial charge in [0.05, 0.1) is 12.7 Å². The van der Waals surface area contributed by atoms with Gasteiger partial charge in [0.15, 0.2) is 0 Å². The summed E-state index contributed by atoms with van der Waals surface area (Å²) in [4.78, 5) is 0. The molecule has 3 heteroatoms. The fourth-order valence-electron chi connectivity index (χ4n) is 2.06. The van der Waals surface area contributed by atoms with Crippen LogP contribution in [0.3, 0.4) is 0 Å². The second-order valence-corrected chi connectivity index (χ2v) is 4.35. The van der Waals surface area contributed by atoms with Crippen molar-refractivity contribution in [2.45, 2.75) is 19.4 Å². The molecule has 0 heterocycles. The summed E-state index contributed by atoms with van der Waals surface area (Å²) >= 11 is 0. The first kappa shape index (κ1) is 13.6. The first-order valence-corrected chi connectivity index (χ1v) is 6.26. The Morgan fingerprint density at radius 1 is 1.16 bits per heavy atom. The topological polar surface area (TPSA) is 29.5 Å². The number of halogens is 1. The highest BCUT2D eigenvalue weighted by Gasteiger charge is 2.19. The van der Waals surface area contributed by atoms with E-state index in [9.17, 15) is 9.50 Å². The van der Waals surface area contributed by atoms with E-state index in [1.54, 1.807) is 12.1 Å². The summed E-state index contributed by atoms with van der Waals surface area (Å²) < 4.78 is 19.0. The van der Waals surface area contributed by atoms with Crippen LogP contribution in [0.15, 0.2) is 42.5 Å². The summed E-state index contributed by atoms with van der Waals surface area (Å²) in [7, 11) is 1.46. The second kappa shape index (κ2) is 5.85. The van der Waals surface area contributed by atoms with Gasteiger partial charge in [0, 0.05) is 0 Å². The second-order valence-electron chi connectivity index (χ2n) is 4.35. The van der Waals surface area contributed by atoms with Crippen molar-refractivity contribution in [3.63, 3.8) is 0 Å². The number of aliphatic hydroxyl groups is 1. The van der Waals surface area contributed by atoms with Gasteiger partial charge in [-0.2, -0.15) is 0 Å². The van der Waals surface area contributed by atoms with Gasteiger partial charge in [0.2, 0.25) is 0 Å². The summed E-state index contributed by atoms with van der Waals surface area (Å²) in [5, 5.41) is 10.3. The molecular weight excluding hydrogens is 243 g/mol. The minimum atomic E-state index is -1.03. The monoisotopic (exact) mass is 260 g/mol. The van der Waals surface area contributed by atoms with Gasteiger partial charge in [0.1, 0.15) is 17.7 Å². The maximum Gasteiger partial charge on any atom is 0.133 e. The van der Waals surface area contributed by atoms with Crippen molar-refractivity contribution in [2.75, 3.05) is 7.11 Å². The summed E-state index contributed by atoms with van der Waals surface area (Å²) in [5.74, 6) is -0.113. The Morgan fingerprint density at radius 3 is 2.42 bits per heavy atom. The van der Waals surface area contributed by atoms with Gasteiger partial charge in [-0.25, -0.2) is 4.39 Å². The van der Waals surface area contributed by atoms with E-state index in [-0.39, 0.29) is 5.56 Å². The molecule has 100 valence electrons. The molecule has 0 aromatic heterocycles. The molecule has 0 radical (unpaired) electrons. The lowest BCUT2D eigenvalue weighted by atomic mass is 9.98. The fraction of sp³-hybridized carbons (Fsp3) is 0.250. The number of hydrogen-bond donors (Lipinski definition) is 1. The van der Waals surface area contributed by atoms with Crippen LogP contribution in [0.1, 0.15) is 29.7 Å². The van der Waals surface area contributed by atoms with Crippen LogP contribution in [0.5, 0.6) is 5.75 Å². The molecule has 2 aromatic carbocycles. The van der Waals surface area contributed by atoms with Crippen LogP contribution in [-0.2, 0) is 6.42 Å². The molecule has 0 bridgehead atoms. The lowest BCUT2D eigenvalue weighted by Crippen LogP contribution is -2.05. The first-order chi connectivity index (χ1) is 9.17. The van der Waals surface area contributed by atoms with E-state index in [0.29, 0.717) is 11.3 Å². The molecule has 0 aliphatic carbocycles. The van der Waals surface area contributed by atoms with Crippen LogP contribution in [0.4, 0.5) is 4.39 Å². The molecule has 0 amide bonds. The zero-order valence-corrected chi connectivity index (χ0v) is 11.1.